The number of hydrogen-bond donors (Lipinski definition) is 4. The number of benzene rings is 1. The molecule has 136 valence electrons. The van der Waals surface area contributed by atoms with Crippen LogP contribution in [0.15, 0.2) is 12.1 Å². The summed E-state index contributed by atoms with van der Waals surface area (Å²) < 4.78 is 64.0. The van der Waals surface area contributed by atoms with Crippen LogP contribution in [0.5, 0.6) is 0 Å². The highest BCUT2D eigenvalue weighted by Gasteiger charge is 2.38. The Kier molecular flexibility index (Phi) is 6.50. The third-order valence-electron chi connectivity index (χ3n) is 3.09. The van der Waals surface area contributed by atoms with Crippen LogP contribution in [0.4, 0.5) is 32.4 Å². The summed E-state index contributed by atoms with van der Waals surface area (Å²) in [5, 5.41) is 22.7. The molecule has 1 aromatic rings. The van der Waals surface area contributed by atoms with Crippen molar-refractivity contribution in [2.45, 2.75) is 31.5 Å². The molecule has 1 atom stereocenters. The number of nitrogens with one attached hydrogen (secondary N) is 2. The Morgan fingerprint density at radius 2 is 1.75 bits per heavy atom. The molecular weight excluding hydrogens is 339 g/mol. The largest absolute Gasteiger partial charge is 0.422 e. The van der Waals surface area contributed by atoms with Crippen molar-refractivity contribution in [2.75, 3.05) is 18.5 Å². The van der Waals surface area contributed by atoms with Gasteiger partial charge in [0.05, 0.1) is 5.60 Å². The van der Waals surface area contributed by atoms with E-state index in [0.717, 1.165) is 0 Å². The molecule has 0 radical (unpaired) electrons. The number of anilines is 1. The average Bonchev–Trinajstić information content (AvgIpc) is 2.41. The summed E-state index contributed by atoms with van der Waals surface area (Å²) in [5.74, 6) is -3.71. The number of alkyl halides is 3. The van der Waals surface area contributed by atoms with E-state index in [2.05, 4.69) is 5.32 Å². The summed E-state index contributed by atoms with van der Waals surface area (Å²) >= 11 is 0. The fourth-order valence-corrected chi connectivity index (χ4v) is 1.91. The van der Waals surface area contributed by atoms with Crippen molar-refractivity contribution in [3.05, 3.63) is 29.3 Å². The van der Waals surface area contributed by atoms with Crippen LogP contribution in [0.2, 0.25) is 0 Å². The minimum absolute atomic E-state index is 0.146. The van der Waals surface area contributed by atoms with E-state index < -0.39 is 40.7 Å². The van der Waals surface area contributed by atoms with Gasteiger partial charge in [0.25, 0.3) is 0 Å². The zero-order valence-electron chi connectivity index (χ0n) is 12.7. The van der Waals surface area contributed by atoms with Crippen molar-refractivity contribution in [1.82, 2.24) is 5.32 Å². The van der Waals surface area contributed by atoms with Gasteiger partial charge >= 0.3 is 12.2 Å². The first-order valence-corrected chi connectivity index (χ1v) is 6.90. The second kappa shape index (κ2) is 7.75. The van der Waals surface area contributed by atoms with Crippen LogP contribution in [0.1, 0.15) is 25.3 Å². The lowest BCUT2D eigenvalue weighted by Crippen LogP contribution is -2.42. The lowest BCUT2D eigenvalue weighted by Gasteiger charge is -2.23. The van der Waals surface area contributed by atoms with Crippen molar-refractivity contribution in [1.29, 1.82) is 0 Å². The molecule has 24 heavy (non-hydrogen) atoms. The number of carbonyl (C=O) groups excluding carboxylic acids is 1. The van der Waals surface area contributed by atoms with Gasteiger partial charge in [0.2, 0.25) is 0 Å². The summed E-state index contributed by atoms with van der Waals surface area (Å²) in [6.45, 7) is 1.03. The van der Waals surface area contributed by atoms with Gasteiger partial charge in [-0.05, 0) is 31.9 Å². The third kappa shape index (κ3) is 5.93. The molecule has 0 heterocycles. The fraction of sp³-hybridized carbons (Fsp3) is 0.500. The van der Waals surface area contributed by atoms with Crippen LogP contribution in [0.3, 0.4) is 0 Å². The van der Waals surface area contributed by atoms with Gasteiger partial charge in [-0.3, -0.25) is 0 Å². The van der Waals surface area contributed by atoms with Gasteiger partial charge in [-0.25, -0.2) is 13.6 Å². The van der Waals surface area contributed by atoms with Crippen LogP contribution in [-0.2, 0) is 6.18 Å². The van der Waals surface area contributed by atoms with E-state index >= 15 is 0 Å². The molecule has 0 aliphatic carbocycles. The highest BCUT2D eigenvalue weighted by atomic mass is 19.4. The Bertz CT molecular complexity index is 567. The lowest BCUT2D eigenvalue weighted by molar-refractivity contribution is -0.142. The smallest absolute Gasteiger partial charge is 0.396 e. The minimum atomic E-state index is -5.19. The highest BCUT2D eigenvalue weighted by Crippen LogP contribution is 2.34. The zero-order chi connectivity index (χ0) is 18.5. The van der Waals surface area contributed by atoms with Crippen LogP contribution in [0, 0.1) is 11.6 Å². The number of aliphatic hydroxyl groups excluding tert-OH is 1. The van der Waals surface area contributed by atoms with E-state index in [1.165, 1.54) is 6.92 Å². The van der Waals surface area contributed by atoms with Crippen LogP contribution in [-0.4, -0.2) is 35.0 Å². The predicted octanol–water partition coefficient (Wildman–Crippen LogP) is 2.63. The first kappa shape index (κ1) is 20.1. The maximum absolute atomic E-state index is 13.4. The van der Waals surface area contributed by atoms with Gasteiger partial charge in [-0.1, -0.05) is 0 Å². The van der Waals surface area contributed by atoms with Crippen LogP contribution < -0.4 is 10.6 Å². The molecule has 0 aliphatic rings. The summed E-state index contributed by atoms with van der Waals surface area (Å²) in [6.07, 6.45) is -4.71. The number of aliphatic hydroxyl groups is 2. The Hall–Kier alpha value is -1.94. The van der Waals surface area contributed by atoms with E-state index in [0.29, 0.717) is 18.6 Å². The van der Waals surface area contributed by atoms with Crippen LogP contribution in [0.25, 0.3) is 0 Å². The molecule has 0 aromatic heterocycles. The van der Waals surface area contributed by atoms with Gasteiger partial charge < -0.3 is 20.8 Å². The summed E-state index contributed by atoms with van der Waals surface area (Å²) in [7, 11) is 0. The number of hydrogen-bond acceptors (Lipinski definition) is 3. The molecule has 1 rings (SSSR count). The van der Waals surface area contributed by atoms with Crippen molar-refractivity contribution < 1.29 is 37.0 Å². The molecule has 0 saturated heterocycles. The molecule has 10 heteroatoms. The van der Waals surface area contributed by atoms with Gasteiger partial charge in [0, 0.05) is 18.8 Å². The molecule has 5 nitrogen and oxygen atoms in total. The number of urea groups is 1. The zero-order valence-corrected chi connectivity index (χ0v) is 12.7. The van der Waals surface area contributed by atoms with E-state index in [1.807, 2.05) is 5.32 Å². The molecule has 1 aromatic carbocycles. The summed E-state index contributed by atoms with van der Waals surface area (Å²) in [4.78, 5) is 11.6. The second-order valence-corrected chi connectivity index (χ2v) is 5.44. The van der Waals surface area contributed by atoms with E-state index in [9.17, 15) is 31.9 Å². The Labute approximate surface area is 134 Å². The van der Waals surface area contributed by atoms with Crippen molar-refractivity contribution >= 4 is 11.7 Å². The Morgan fingerprint density at radius 1 is 1.21 bits per heavy atom. The fourth-order valence-electron chi connectivity index (χ4n) is 1.91. The maximum Gasteiger partial charge on any atom is 0.422 e. The molecule has 0 saturated carbocycles. The molecule has 2 amide bonds. The second-order valence-electron chi connectivity index (χ2n) is 5.44. The molecule has 0 aliphatic heterocycles. The van der Waals surface area contributed by atoms with Crippen molar-refractivity contribution in [2.24, 2.45) is 0 Å². The average molecular weight is 356 g/mol. The van der Waals surface area contributed by atoms with Crippen molar-refractivity contribution in [3.63, 3.8) is 0 Å². The van der Waals surface area contributed by atoms with Gasteiger partial charge in [0.15, 0.2) is 0 Å². The number of halogens is 5. The lowest BCUT2D eigenvalue weighted by atomic mass is 10.0. The monoisotopic (exact) mass is 356 g/mol. The number of carbonyl (C=O) groups is 1. The number of rotatable bonds is 6. The maximum atomic E-state index is 13.4. The minimum Gasteiger partial charge on any atom is -0.396 e. The molecule has 0 bridgehead atoms. The number of amides is 2. The molecule has 0 fully saturated rings. The summed E-state index contributed by atoms with van der Waals surface area (Å²) in [5.41, 5.74) is -3.87. The third-order valence-corrected chi connectivity index (χ3v) is 3.09. The van der Waals surface area contributed by atoms with Gasteiger partial charge in [-0.2, -0.15) is 13.2 Å². The van der Waals surface area contributed by atoms with Crippen LogP contribution >= 0.6 is 0 Å². The van der Waals surface area contributed by atoms with Crippen molar-refractivity contribution in [3.8, 4) is 0 Å². The predicted molar refractivity (Wildman–Crippen MR) is 75.3 cm³/mol. The van der Waals surface area contributed by atoms with Gasteiger partial charge in [-0.15, -0.1) is 0 Å². The first-order chi connectivity index (χ1) is 11.0. The molecular formula is C14H17F5N2O3. The first-order valence-electron chi connectivity index (χ1n) is 6.90. The van der Waals surface area contributed by atoms with E-state index in [4.69, 9.17) is 5.11 Å². The van der Waals surface area contributed by atoms with Gasteiger partial charge in [0.1, 0.15) is 17.2 Å². The Morgan fingerprint density at radius 3 is 2.21 bits per heavy atom. The molecule has 4 N–H and O–H groups in total. The topological polar surface area (TPSA) is 81.6 Å². The quantitative estimate of drug-likeness (QED) is 0.592. The SMILES string of the molecule is CC(O)(CCCO)CNC(=O)Nc1cc(F)c(C(F)(F)F)c(F)c1. The summed E-state index contributed by atoms with van der Waals surface area (Å²) in [6, 6.07) is -0.275. The highest BCUT2D eigenvalue weighted by molar-refractivity contribution is 5.89. The Balaban J connectivity index is 2.72. The van der Waals surface area contributed by atoms with E-state index in [1.54, 1.807) is 0 Å². The molecule has 1 unspecified atom stereocenters. The molecule has 0 spiro atoms. The standard InChI is InChI=1S/C14H17F5N2O3/c1-13(24,3-2-4-22)7-20-12(23)21-8-5-9(15)11(10(16)6-8)14(17,18)19/h5-6,22,24H,2-4,7H2,1H3,(H2,20,21,23). The normalized spacial score (nSPS) is 14.2. The van der Waals surface area contributed by atoms with E-state index in [-0.39, 0.29) is 19.6 Å².